The van der Waals surface area contributed by atoms with Gasteiger partial charge in [0.2, 0.25) is 11.7 Å². The molecule has 8 heteroatoms. The van der Waals surface area contributed by atoms with Crippen molar-refractivity contribution in [3.05, 3.63) is 28.4 Å². The Morgan fingerprint density at radius 2 is 2.22 bits per heavy atom. The molecule has 0 unspecified atom stereocenters. The highest BCUT2D eigenvalue weighted by atomic mass is 16.6. The number of anilines is 1. The number of hydrogen-bond donors (Lipinski definition) is 1. The van der Waals surface area contributed by atoms with E-state index >= 15 is 0 Å². The lowest BCUT2D eigenvalue weighted by atomic mass is 9.96. The Morgan fingerprint density at radius 1 is 1.52 bits per heavy atom. The molecule has 126 valence electrons. The minimum absolute atomic E-state index is 0.0321. The predicted molar refractivity (Wildman–Crippen MR) is 87.4 cm³/mol. The second-order valence-corrected chi connectivity index (χ2v) is 5.88. The number of likely N-dealkylation sites (N-methyl/N-ethyl adjacent to an activating group) is 1. The lowest BCUT2D eigenvalue weighted by Crippen LogP contribution is -2.42. The van der Waals surface area contributed by atoms with Crippen molar-refractivity contribution in [2.75, 3.05) is 45.2 Å². The lowest BCUT2D eigenvalue weighted by Gasteiger charge is -2.33. The highest BCUT2D eigenvalue weighted by Gasteiger charge is 2.24. The Kier molecular flexibility index (Phi) is 5.86. The second-order valence-electron chi connectivity index (χ2n) is 5.88. The van der Waals surface area contributed by atoms with E-state index in [1.54, 1.807) is 19.3 Å². The number of hydrogen-bond acceptors (Lipinski definition) is 6. The van der Waals surface area contributed by atoms with Crippen LogP contribution >= 0.6 is 0 Å². The zero-order valence-electron chi connectivity index (χ0n) is 13.6. The zero-order chi connectivity index (χ0) is 16.8. The van der Waals surface area contributed by atoms with Crippen molar-refractivity contribution in [2.24, 2.45) is 5.92 Å². The fourth-order valence-corrected chi connectivity index (χ4v) is 2.91. The number of carbonyl (C=O) groups excluding carboxylic acids is 1. The molecule has 1 aliphatic rings. The van der Waals surface area contributed by atoms with Crippen LogP contribution in [0.5, 0.6) is 0 Å². The molecule has 1 N–H and O–H groups in total. The number of nitrogens with one attached hydrogen (secondary N) is 1. The van der Waals surface area contributed by atoms with E-state index in [1.165, 1.54) is 6.07 Å². The summed E-state index contributed by atoms with van der Waals surface area (Å²) in [6, 6.07) is 3.05. The minimum atomic E-state index is -0.398. The Bertz CT molecular complexity index is 558. The summed E-state index contributed by atoms with van der Waals surface area (Å²) in [6.45, 7) is 2.91. The van der Waals surface area contributed by atoms with E-state index in [-0.39, 0.29) is 11.6 Å². The summed E-state index contributed by atoms with van der Waals surface area (Å²) < 4.78 is 0. The maximum absolute atomic E-state index is 11.4. The van der Waals surface area contributed by atoms with Crippen LogP contribution in [0.3, 0.4) is 0 Å². The standard InChI is InChI=1S/C15H23N5O3/c1-16-14(21)11-19-8-5-12(6-9-19)10-18(2)15-13(20(22)23)4-3-7-17-15/h3-4,7,12H,5-6,8-11H2,1-2H3,(H,16,21). The molecule has 1 aromatic heterocycles. The number of pyridine rings is 1. The summed E-state index contributed by atoms with van der Waals surface area (Å²) in [4.78, 5) is 30.2. The highest BCUT2D eigenvalue weighted by Crippen LogP contribution is 2.26. The van der Waals surface area contributed by atoms with Crippen LogP contribution in [0.2, 0.25) is 0 Å². The van der Waals surface area contributed by atoms with Gasteiger partial charge in [0.15, 0.2) is 0 Å². The monoisotopic (exact) mass is 321 g/mol. The van der Waals surface area contributed by atoms with Crippen molar-refractivity contribution in [1.82, 2.24) is 15.2 Å². The van der Waals surface area contributed by atoms with E-state index in [0.717, 1.165) is 32.5 Å². The van der Waals surface area contributed by atoms with E-state index in [2.05, 4.69) is 15.2 Å². The fraction of sp³-hybridized carbons (Fsp3) is 0.600. The maximum Gasteiger partial charge on any atom is 0.311 e. The van der Waals surface area contributed by atoms with Gasteiger partial charge in [-0.05, 0) is 37.9 Å². The molecule has 1 aliphatic heterocycles. The summed E-state index contributed by atoms with van der Waals surface area (Å²) in [5.41, 5.74) is 0.0343. The molecule has 0 spiro atoms. The molecule has 8 nitrogen and oxygen atoms in total. The topological polar surface area (TPSA) is 91.6 Å². The molecule has 0 saturated carbocycles. The quantitative estimate of drug-likeness (QED) is 0.618. The van der Waals surface area contributed by atoms with Gasteiger partial charge in [-0.2, -0.15) is 0 Å². The number of carbonyl (C=O) groups is 1. The number of likely N-dealkylation sites (tertiary alicyclic amines) is 1. The molecular formula is C15H23N5O3. The average Bonchev–Trinajstić information content (AvgIpc) is 2.56. The van der Waals surface area contributed by atoms with Crippen molar-refractivity contribution >= 4 is 17.4 Å². The van der Waals surface area contributed by atoms with E-state index in [4.69, 9.17) is 0 Å². The smallest absolute Gasteiger partial charge is 0.311 e. The van der Waals surface area contributed by atoms with Gasteiger partial charge in [-0.25, -0.2) is 4.98 Å². The van der Waals surface area contributed by atoms with Crippen LogP contribution in [0, 0.1) is 16.0 Å². The van der Waals surface area contributed by atoms with Gasteiger partial charge in [-0.15, -0.1) is 0 Å². The van der Waals surface area contributed by atoms with Crippen LogP contribution in [0.4, 0.5) is 11.5 Å². The molecule has 1 fully saturated rings. The van der Waals surface area contributed by atoms with Crippen LogP contribution in [0.15, 0.2) is 18.3 Å². The molecule has 1 amide bonds. The van der Waals surface area contributed by atoms with Gasteiger partial charge < -0.3 is 10.2 Å². The molecule has 0 radical (unpaired) electrons. The summed E-state index contributed by atoms with van der Waals surface area (Å²) >= 11 is 0. The second kappa shape index (κ2) is 7.87. The van der Waals surface area contributed by atoms with E-state index in [1.807, 2.05) is 11.9 Å². The Balaban J connectivity index is 1.89. The molecule has 0 bridgehead atoms. The van der Waals surface area contributed by atoms with Crippen molar-refractivity contribution in [3.63, 3.8) is 0 Å². The molecule has 1 aromatic rings. The van der Waals surface area contributed by atoms with E-state index in [0.29, 0.717) is 18.3 Å². The third-order valence-electron chi connectivity index (χ3n) is 4.21. The van der Waals surface area contributed by atoms with Gasteiger partial charge >= 0.3 is 5.69 Å². The fourth-order valence-electron chi connectivity index (χ4n) is 2.91. The molecular weight excluding hydrogens is 298 g/mol. The third kappa shape index (κ3) is 4.62. The van der Waals surface area contributed by atoms with Gasteiger partial charge in [0.05, 0.1) is 11.5 Å². The Hall–Kier alpha value is -2.22. The number of amides is 1. The van der Waals surface area contributed by atoms with E-state index in [9.17, 15) is 14.9 Å². The predicted octanol–water partition coefficient (Wildman–Crippen LogP) is 0.884. The van der Waals surface area contributed by atoms with Gasteiger partial charge in [0.1, 0.15) is 0 Å². The lowest BCUT2D eigenvalue weighted by molar-refractivity contribution is -0.384. The maximum atomic E-state index is 11.4. The Morgan fingerprint density at radius 3 is 2.83 bits per heavy atom. The van der Waals surface area contributed by atoms with Crippen molar-refractivity contribution < 1.29 is 9.72 Å². The molecule has 2 rings (SSSR count). The number of nitro groups is 1. The summed E-state index contributed by atoms with van der Waals surface area (Å²) in [5, 5.41) is 13.7. The molecule has 0 atom stereocenters. The summed E-state index contributed by atoms with van der Waals surface area (Å²) in [6.07, 6.45) is 3.52. The van der Waals surface area contributed by atoms with Crippen LogP contribution < -0.4 is 10.2 Å². The molecule has 0 aromatic carbocycles. The molecule has 23 heavy (non-hydrogen) atoms. The summed E-state index contributed by atoms with van der Waals surface area (Å²) in [7, 11) is 3.48. The molecule has 2 heterocycles. The normalized spacial score (nSPS) is 16.1. The molecule has 1 saturated heterocycles. The molecule has 0 aliphatic carbocycles. The van der Waals surface area contributed by atoms with Crippen molar-refractivity contribution in [3.8, 4) is 0 Å². The van der Waals surface area contributed by atoms with Crippen LogP contribution in [0.1, 0.15) is 12.8 Å². The van der Waals surface area contributed by atoms with E-state index < -0.39 is 4.92 Å². The van der Waals surface area contributed by atoms with Gasteiger partial charge in [-0.3, -0.25) is 19.8 Å². The number of nitrogens with zero attached hydrogens (tertiary/aromatic N) is 4. The van der Waals surface area contributed by atoms with Gasteiger partial charge in [0.25, 0.3) is 0 Å². The number of rotatable bonds is 6. The zero-order valence-corrected chi connectivity index (χ0v) is 13.6. The van der Waals surface area contributed by atoms with Gasteiger partial charge in [-0.1, -0.05) is 0 Å². The largest absolute Gasteiger partial charge is 0.358 e. The SMILES string of the molecule is CNC(=O)CN1CCC(CN(C)c2ncccc2[N+](=O)[O-])CC1. The average molecular weight is 321 g/mol. The Labute approximate surface area is 135 Å². The van der Waals surface area contributed by atoms with Crippen molar-refractivity contribution in [1.29, 1.82) is 0 Å². The first-order chi connectivity index (χ1) is 11.0. The first-order valence-electron chi connectivity index (χ1n) is 7.74. The first kappa shape index (κ1) is 17.1. The first-order valence-corrected chi connectivity index (χ1v) is 7.74. The van der Waals surface area contributed by atoms with Gasteiger partial charge in [0, 0.05) is 32.9 Å². The highest BCUT2D eigenvalue weighted by molar-refractivity contribution is 5.77. The third-order valence-corrected chi connectivity index (χ3v) is 4.21. The number of piperidine rings is 1. The van der Waals surface area contributed by atoms with Crippen LogP contribution in [0.25, 0.3) is 0 Å². The minimum Gasteiger partial charge on any atom is -0.358 e. The van der Waals surface area contributed by atoms with Crippen molar-refractivity contribution in [2.45, 2.75) is 12.8 Å². The van der Waals surface area contributed by atoms with Crippen LogP contribution in [-0.2, 0) is 4.79 Å². The number of aromatic nitrogens is 1. The van der Waals surface area contributed by atoms with Crippen LogP contribution in [-0.4, -0.2) is 61.0 Å². The summed E-state index contributed by atoms with van der Waals surface area (Å²) in [5.74, 6) is 0.887.